The summed E-state index contributed by atoms with van der Waals surface area (Å²) in [5, 5.41) is 12.3. The van der Waals surface area contributed by atoms with Crippen molar-refractivity contribution in [2.75, 3.05) is 6.54 Å². The molecule has 0 heterocycles. The maximum absolute atomic E-state index is 12.4. The molecule has 1 amide bonds. The summed E-state index contributed by atoms with van der Waals surface area (Å²) in [5.74, 6) is -1.73. The molecular weight excluding hydrogens is 290 g/mol. The Balaban J connectivity index is 1.43. The lowest BCUT2D eigenvalue weighted by atomic mass is 9.82. The number of benzene rings is 1. The van der Waals surface area contributed by atoms with Crippen LogP contribution in [0.2, 0.25) is 0 Å². The van der Waals surface area contributed by atoms with Crippen LogP contribution in [0.4, 0.5) is 0 Å². The Morgan fingerprint density at radius 2 is 1.74 bits per heavy atom. The third-order valence-electron chi connectivity index (χ3n) is 5.08. The molecule has 2 bridgehead atoms. The maximum atomic E-state index is 12.4. The highest BCUT2D eigenvalue weighted by Crippen LogP contribution is 2.48. The van der Waals surface area contributed by atoms with E-state index in [0.717, 1.165) is 25.7 Å². The van der Waals surface area contributed by atoms with Crippen LogP contribution in [-0.4, -0.2) is 23.5 Å². The van der Waals surface area contributed by atoms with Crippen molar-refractivity contribution in [3.63, 3.8) is 0 Å². The van der Waals surface area contributed by atoms with E-state index < -0.39 is 17.8 Å². The molecule has 4 heteroatoms. The molecule has 0 aromatic heterocycles. The molecule has 1 fully saturated rings. The van der Waals surface area contributed by atoms with Gasteiger partial charge in [0.25, 0.3) is 0 Å². The Bertz CT molecular complexity index is 596. The molecule has 0 aliphatic heterocycles. The molecule has 1 aromatic rings. The first-order valence-corrected chi connectivity index (χ1v) is 8.39. The molecule has 23 heavy (non-hydrogen) atoms. The summed E-state index contributed by atoms with van der Waals surface area (Å²) in [7, 11) is 0. The van der Waals surface area contributed by atoms with E-state index in [0.29, 0.717) is 6.54 Å². The SMILES string of the molecule is O=C(O)[C@@H]1[C@H](C(=O)NCCCCc2ccccc2)[C@@H]2C=C[C@H]1C2. The summed E-state index contributed by atoms with van der Waals surface area (Å²) in [6.45, 7) is 0.621. The van der Waals surface area contributed by atoms with E-state index in [1.807, 2.05) is 30.4 Å². The van der Waals surface area contributed by atoms with Crippen molar-refractivity contribution in [2.45, 2.75) is 25.7 Å². The third kappa shape index (κ3) is 3.46. The maximum Gasteiger partial charge on any atom is 0.307 e. The molecule has 4 atom stereocenters. The lowest BCUT2D eigenvalue weighted by Gasteiger charge is -2.23. The predicted molar refractivity (Wildman–Crippen MR) is 87.7 cm³/mol. The predicted octanol–water partition coefficient (Wildman–Crippen LogP) is 2.65. The normalized spacial score (nSPS) is 28.0. The number of hydrogen-bond donors (Lipinski definition) is 2. The number of rotatable bonds is 7. The number of unbranched alkanes of at least 4 members (excludes halogenated alkanes) is 1. The lowest BCUT2D eigenvalue weighted by Crippen LogP contribution is -2.40. The monoisotopic (exact) mass is 313 g/mol. The van der Waals surface area contributed by atoms with Crippen molar-refractivity contribution in [1.29, 1.82) is 0 Å². The van der Waals surface area contributed by atoms with Gasteiger partial charge in [-0.3, -0.25) is 9.59 Å². The quantitative estimate of drug-likeness (QED) is 0.601. The third-order valence-corrected chi connectivity index (χ3v) is 5.08. The summed E-state index contributed by atoms with van der Waals surface area (Å²) in [6.07, 6.45) is 7.73. The van der Waals surface area contributed by atoms with E-state index in [1.165, 1.54) is 5.56 Å². The minimum atomic E-state index is -0.842. The molecule has 2 aliphatic carbocycles. The Labute approximate surface area is 136 Å². The average molecular weight is 313 g/mol. The highest BCUT2D eigenvalue weighted by Gasteiger charge is 2.51. The Morgan fingerprint density at radius 1 is 1.04 bits per heavy atom. The van der Waals surface area contributed by atoms with Crippen LogP contribution in [0.3, 0.4) is 0 Å². The van der Waals surface area contributed by atoms with Crippen molar-refractivity contribution < 1.29 is 14.7 Å². The zero-order chi connectivity index (χ0) is 16.2. The van der Waals surface area contributed by atoms with Gasteiger partial charge in [0.1, 0.15) is 0 Å². The number of nitrogens with one attached hydrogen (secondary N) is 1. The number of fused-ring (bicyclic) bond motifs is 2. The van der Waals surface area contributed by atoms with Gasteiger partial charge in [-0.2, -0.15) is 0 Å². The molecular formula is C19H23NO3. The molecule has 0 spiro atoms. The standard InChI is InChI=1S/C19H23NO3/c21-18(16-14-9-10-15(12-14)17(16)19(22)23)20-11-5-4-8-13-6-2-1-3-7-13/h1-3,6-7,9-10,14-17H,4-5,8,11-12H2,(H,20,21)(H,22,23)/t14-,15+,16-,17+/m1/s1. The van der Waals surface area contributed by atoms with E-state index in [-0.39, 0.29) is 17.7 Å². The number of carbonyl (C=O) groups excluding carboxylic acids is 1. The highest BCUT2D eigenvalue weighted by molar-refractivity contribution is 5.86. The number of carboxylic acids is 1. The summed E-state index contributed by atoms with van der Waals surface area (Å²) < 4.78 is 0. The molecule has 3 rings (SSSR count). The van der Waals surface area contributed by atoms with E-state index >= 15 is 0 Å². The molecule has 0 saturated heterocycles. The number of aryl methyl sites for hydroxylation is 1. The summed E-state index contributed by atoms with van der Waals surface area (Å²) in [6, 6.07) is 10.3. The van der Waals surface area contributed by atoms with Gasteiger partial charge in [0, 0.05) is 6.54 Å². The topological polar surface area (TPSA) is 66.4 Å². The van der Waals surface area contributed by atoms with Crippen LogP contribution in [0.1, 0.15) is 24.8 Å². The van der Waals surface area contributed by atoms with Crippen molar-refractivity contribution in [3.05, 3.63) is 48.0 Å². The van der Waals surface area contributed by atoms with E-state index in [2.05, 4.69) is 17.4 Å². The first-order chi connectivity index (χ1) is 11.2. The number of amides is 1. The van der Waals surface area contributed by atoms with E-state index in [4.69, 9.17) is 0 Å². The van der Waals surface area contributed by atoms with Gasteiger partial charge in [-0.05, 0) is 43.1 Å². The zero-order valence-corrected chi connectivity index (χ0v) is 13.2. The minimum absolute atomic E-state index is 0.0336. The van der Waals surface area contributed by atoms with Crippen LogP contribution in [0.15, 0.2) is 42.5 Å². The minimum Gasteiger partial charge on any atom is -0.481 e. The van der Waals surface area contributed by atoms with Crippen LogP contribution >= 0.6 is 0 Å². The summed E-state index contributed by atoms with van der Waals surface area (Å²) >= 11 is 0. The van der Waals surface area contributed by atoms with Gasteiger partial charge in [0.05, 0.1) is 11.8 Å². The second kappa shape index (κ2) is 6.99. The van der Waals surface area contributed by atoms with Crippen LogP contribution in [0.25, 0.3) is 0 Å². The first-order valence-electron chi connectivity index (χ1n) is 8.39. The highest BCUT2D eigenvalue weighted by atomic mass is 16.4. The Morgan fingerprint density at radius 3 is 2.43 bits per heavy atom. The summed E-state index contributed by atoms with van der Waals surface area (Å²) in [4.78, 5) is 23.8. The fourth-order valence-electron chi connectivity index (χ4n) is 3.94. The van der Waals surface area contributed by atoms with Crippen molar-refractivity contribution in [3.8, 4) is 0 Å². The molecule has 122 valence electrons. The molecule has 2 N–H and O–H groups in total. The van der Waals surface area contributed by atoms with Gasteiger partial charge >= 0.3 is 5.97 Å². The number of carboxylic acid groups (broad SMARTS) is 1. The molecule has 1 saturated carbocycles. The number of allylic oxidation sites excluding steroid dienone is 2. The fraction of sp³-hybridized carbons (Fsp3) is 0.474. The molecule has 4 nitrogen and oxygen atoms in total. The molecule has 0 unspecified atom stereocenters. The largest absolute Gasteiger partial charge is 0.481 e. The van der Waals surface area contributed by atoms with Crippen molar-refractivity contribution in [2.24, 2.45) is 23.7 Å². The van der Waals surface area contributed by atoms with Gasteiger partial charge in [0.15, 0.2) is 0 Å². The van der Waals surface area contributed by atoms with Gasteiger partial charge in [-0.1, -0.05) is 42.5 Å². The van der Waals surface area contributed by atoms with Crippen LogP contribution in [-0.2, 0) is 16.0 Å². The van der Waals surface area contributed by atoms with Gasteiger partial charge in [0.2, 0.25) is 5.91 Å². The van der Waals surface area contributed by atoms with Gasteiger partial charge in [-0.25, -0.2) is 0 Å². The summed E-state index contributed by atoms with van der Waals surface area (Å²) in [5.41, 5.74) is 1.31. The number of carbonyl (C=O) groups is 2. The van der Waals surface area contributed by atoms with E-state index in [1.54, 1.807) is 0 Å². The smallest absolute Gasteiger partial charge is 0.307 e. The van der Waals surface area contributed by atoms with Gasteiger partial charge < -0.3 is 10.4 Å². The van der Waals surface area contributed by atoms with Crippen LogP contribution < -0.4 is 5.32 Å². The number of aliphatic carboxylic acids is 1. The zero-order valence-electron chi connectivity index (χ0n) is 13.2. The molecule has 2 aliphatic rings. The Hall–Kier alpha value is -2.10. The molecule has 1 aromatic carbocycles. The second-order valence-corrected chi connectivity index (χ2v) is 6.57. The Kier molecular flexibility index (Phi) is 4.79. The first kappa shape index (κ1) is 15.8. The van der Waals surface area contributed by atoms with Crippen LogP contribution in [0.5, 0.6) is 0 Å². The fourth-order valence-corrected chi connectivity index (χ4v) is 3.94. The second-order valence-electron chi connectivity index (χ2n) is 6.57. The van der Waals surface area contributed by atoms with E-state index in [9.17, 15) is 14.7 Å². The van der Waals surface area contributed by atoms with Crippen molar-refractivity contribution >= 4 is 11.9 Å². The van der Waals surface area contributed by atoms with Gasteiger partial charge in [-0.15, -0.1) is 0 Å². The number of hydrogen-bond acceptors (Lipinski definition) is 2. The van der Waals surface area contributed by atoms with Crippen LogP contribution in [0, 0.1) is 23.7 Å². The van der Waals surface area contributed by atoms with Crippen molar-refractivity contribution in [1.82, 2.24) is 5.32 Å². The molecule has 0 radical (unpaired) electrons. The average Bonchev–Trinajstić information content (AvgIpc) is 3.16. The lowest BCUT2D eigenvalue weighted by molar-refractivity contribution is -0.147.